The van der Waals surface area contributed by atoms with Crippen molar-refractivity contribution in [2.24, 2.45) is 11.1 Å². The van der Waals surface area contributed by atoms with Crippen LogP contribution in [0.2, 0.25) is 10.0 Å². The van der Waals surface area contributed by atoms with Crippen LogP contribution in [0.1, 0.15) is 38.7 Å². The van der Waals surface area contributed by atoms with Crippen molar-refractivity contribution in [1.82, 2.24) is 0 Å². The molecule has 0 aliphatic carbocycles. The van der Waals surface area contributed by atoms with Gasteiger partial charge in [0.2, 0.25) is 0 Å². The van der Waals surface area contributed by atoms with E-state index >= 15 is 0 Å². The Labute approximate surface area is 130 Å². The minimum atomic E-state index is -0.296. The number of hydrogen-bond donors (Lipinski definition) is 1. The zero-order chi connectivity index (χ0) is 14.8. The molecule has 1 aromatic rings. The minimum absolute atomic E-state index is 0.137. The Hall–Kier alpha value is -0.350. The zero-order valence-electron chi connectivity index (χ0n) is 11.2. The standard InChI is InChI=1S/C14H19Cl2NOS/c1-14(2,3)13(17)9(7-12(18)19)8-4-5-10(15)11(16)6-8/h4-6,9,13H,7,17H2,1-3H3,(H,18,19)/p-1. The predicted octanol–water partition coefficient (Wildman–Crippen LogP) is 3.91. The van der Waals surface area contributed by atoms with Crippen LogP contribution < -0.4 is 5.73 Å². The van der Waals surface area contributed by atoms with Gasteiger partial charge in [-0.1, -0.05) is 50.0 Å². The summed E-state index contributed by atoms with van der Waals surface area (Å²) in [6.45, 7) is 6.11. The molecule has 1 rings (SSSR count). The van der Waals surface area contributed by atoms with E-state index in [0.717, 1.165) is 5.56 Å². The molecule has 2 N–H and O–H groups in total. The van der Waals surface area contributed by atoms with Crippen molar-refractivity contribution in [3.63, 3.8) is 0 Å². The molecule has 0 aromatic heterocycles. The molecule has 2 nitrogen and oxygen atoms in total. The number of nitrogens with two attached hydrogens (primary N) is 1. The molecule has 0 radical (unpaired) electrons. The summed E-state index contributed by atoms with van der Waals surface area (Å²) < 4.78 is 0. The van der Waals surface area contributed by atoms with Crippen LogP contribution in [0.25, 0.3) is 0 Å². The number of carbonyl (C=O) groups excluding carboxylic acids is 1. The van der Waals surface area contributed by atoms with Crippen LogP contribution in [-0.4, -0.2) is 11.2 Å². The molecular weight excluding hydrogens is 301 g/mol. The summed E-state index contributed by atoms with van der Waals surface area (Å²) in [6, 6.07) is 5.13. The molecule has 1 aromatic carbocycles. The van der Waals surface area contributed by atoms with E-state index in [4.69, 9.17) is 41.6 Å². The van der Waals surface area contributed by atoms with Gasteiger partial charge >= 0.3 is 0 Å². The molecule has 2 atom stereocenters. The Morgan fingerprint density at radius 2 is 1.89 bits per heavy atom. The number of carbonyl (C=O) groups is 1. The summed E-state index contributed by atoms with van der Waals surface area (Å²) in [6.07, 6.45) is 0.228. The van der Waals surface area contributed by atoms with E-state index in [-0.39, 0.29) is 28.9 Å². The fraction of sp³-hybridized carbons (Fsp3) is 0.500. The van der Waals surface area contributed by atoms with Gasteiger partial charge < -0.3 is 23.2 Å². The van der Waals surface area contributed by atoms with Gasteiger partial charge in [0.15, 0.2) is 0 Å². The van der Waals surface area contributed by atoms with E-state index in [9.17, 15) is 4.79 Å². The van der Waals surface area contributed by atoms with Crippen LogP contribution >= 0.6 is 23.2 Å². The summed E-state index contributed by atoms with van der Waals surface area (Å²) in [5.41, 5.74) is 7.05. The summed E-state index contributed by atoms with van der Waals surface area (Å²) >= 11 is 16.6. The maximum atomic E-state index is 11.3. The van der Waals surface area contributed by atoms with Crippen molar-refractivity contribution in [2.45, 2.75) is 39.2 Å². The molecule has 0 aliphatic rings. The van der Waals surface area contributed by atoms with Gasteiger partial charge in [0.1, 0.15) is 0 Å². The number of benzene rings is 1. The SMILES string of the molecule is CC(C)(C)C(N)C(CC(=O)[S-])c1ccc(Cl)c(Cl)c1. The van der Waals surface area contributed by atoms with E-state index in [1.54, 1.807) is 12.1 Å². The second-order valence-corrected chi connectivity index (χ2v) is 7.02. The van der Waals surface area contributed by atoms with Crippen LogP contribution in [0.15, 0.2) is 18.2 Å². The first-order chi connectivity index (χ1) is 8.62. The van der Waals surface area contributed by atoms with Crippen LogP contribution in [0.5, 0.6) is 0 Å². The van der Waals surface area contributed by atoms with Gasteiger partial charge in [-0.15, -0.1) is 0 Å². The molecule has 2 unspecified atom stereocenters. The molecular formula is C14H18Cl2NOS-. The number of hydrogen-bond acceptors (Lipinski definition) is 3. The van der Waals surface area contributed by atoms with Gasteiger partial charge in [-0.25, -0.2) is 0 Å². The lowest BCUT2D eigenvalue weighted by Gasteiger charge is -2.35. The Morgan fingerprint density at radius 3 is 2.32 bits per heavy atom. The van der Waals surface area contributed by atoms with Crippen molar-refractivity contribution < 1.29 is 4.79 Å². The number of halogens is 2. The molecule has 0 saturated carbocycles. The highest BCUT2D eigenvalue weighted by molar-refractivity contribution is 7.77. The van der Waals surface area contributed by atoms with Gasteiger partial charge in [0, 0.05) is 17.1 Å². The van der Waals surface area contributed by atoms with E-state index in [2.05, 4.69) is 0 Å². The lowest BCUT2D eigenvalue weighted by molar-refractivity contribution is -0.111. The van der Waals surface area contributed by atoms with Crippen molar-refractivity contribution in [1.29, 1.82) is 0 Å². The van der Waals surface area contributed by atoms with Crippen LogP contribution in [-0.2, 0) is 17.4 Å². The monoisotopic (exact) mass is 318 g/mol. The molecule has 0 saturated heterocycles. The Bertz CT molecular complexity index is 471. The Morgan fingerprint density at radius 1 is 1.32 bits per heavy atom. The van der Waals surface area contributed by atoms with Crippen molar-refractivity contribution in [2.75, 3.05) is 0 Å². The molecule has 0 bridgehead atoms. The lowest BCUT2D eigenvalue weighted by Crippen LogP contribution is -2.41. The van der Waals surface area contributed by atoms with Crippen molar-refractivity contribution >= 4 is 40.9 Å². The maximum absolute atomic E-state index is 11.3. The first-order valence-corrected chi connectivity index (χ1v) is 7.19. The van der Waals surface area contributed by atoms with Crippen LogP contribution in [0.4, 0.5) is 0 Å². The average Bonchev–Trinajstić information content (AvgIpc) is 2.27. The molecule has 0 amide bonds. The fourth-order valence-corrected chi connectivity index (χ4v) is 2.46. The molecule has 0 aliphatic heterocycles. The van der Waals surface area contributed by atoms with Gasteiger partial charge in [-0.3, -0.25) is 0 Å². The van der Waals surface area contributed by atoms with E-state index in [0.29, 0.717) is 10.0 Å². The van der Waals surface area contributed by atoms with Gasteiger partial charge in [0.05, 0.1) is 10.0 Å². The van der Waals surface area contributed by atoms with Crippen LogP contribution in [0.3, 0.4) is 0 Å². The third-order valence-electron chi connectivity index (χ3n) is 3.19. The molecule has 19 heavy (non-hydrogen) atoms. The summed E-state index contributed by atoms with van der Waals surface area (Å²) in [4.78, 5) is 11.3. The van der Waals surface area contributed by atoms with E-state index in [1.165, 1.54) is 0 Å². The highest BCUT2D eigenvalue weighted by Gasteiger charge is 2.30. The smallest absolute Gasteiger partial charge is 0.0595 e. The van der Waals surface area contributed by atoms with Crippen molar-refractivity contribution in [3.05, 3.63) is 33.8 Å². The first kappa shape index (κ1) is 16.7. The summed E-state index contributed by atoms with van der Waals surface area (Å²) in [5.74, 6) is -0.153. The van der Waals surface area contributed by atoms with Crippen molar-refractivity contribution in [3.8, 4) is 0 Å². The quantitative estimate of drug-likeness (QED) is 0.856. The third-order valence-corrected chi connectivity index (χ3v) is 4.10. The molecule has 0 fully saturated rings. The molecule has 5 heteroatoms. The fourth-order valence-electron chi connectivity index (χ4n) is 1.98. The van der Waals surface area contributed by atoms with E-state index < -0.39 is 0 Å². The maximum Gasteiger partial charge on any atom is 0.0595 e. The lowest BCUT2D eigenvalue weighted by atomic mass is 9.75. The minimum Gasteiger partial charge on any atom is -0.742 e. The average molecular weight is 319 g/mol. The van der Waals surface area contributed by atoms with Gasteiger partial charge in [-0.2, -0.15) is 0 Å². The molecule has 0 spiro atoms. The van der Waals surface area contributed by atoms with Gasteiger partial charge in [0.25, 0.3) is 0 Å². The number of rotatable bonds is 4. The highest BCUT2D eigenvalue weighted by atomic mass is 35.5. The second-order valence-electron chi connectivity index (χ2n) is 5.75. The summed E-state index contributed by atoms with van der Waals surface area (Å²) in [5, 5.41) is 0.649. The van der Waals surface area contributed by atoms with E-state index in [1.807, 2.05) is 26.8 Å². The Kier molecular flexibility index (Phi) is 5.63. The van der Waals surface area contributed by atoms with Gasteiger partial charge in [-0.05, 0) is 29.5 Å². The zero-order valence-corrected chi connectivity index (χ0v) is 13.6. The third kappa shape index (κ3) is 4.60. The molecule has 0 heterocycles. The second kappa shape index (κ2) is 6.40. The normalized spacial score (nSPS) is 15.1. The predicted molar refractivity (Wildman–Crippen MR) is 83.6 cm³/mol. The highest BCUT2D eigenvalue weighted by Crippen LogP contribution is 2.35. The molecule has 106 valence electrons. The first-order valence-electron chi connectivity index (χ1n) is 6.03. The van der Waals surface area contributed by atoms with Crippen LogP contribution in [0, 0.1) is 5.41 Å². The summed E-state index contributed by atoms with van der Waals surface area (Å²) in [7, 11) is 0. The Balaban J connectivity index is 3.16. The topological polar surface area (TPSA) is 43.1 Å². The largest absolute Gasteiger partial charge is 0.742 e.